The molecule has 0 saturated heterocycles. The Morgan fingerprint density at radius 1 is 1.24 bits per heavy atom. The third-order valence-electron chi connectivity index (χ3n) is 3.79. The lowest BCUT2D eigenvalue weighted by molar-refractivity contribution is 0.222. The number of ether oxygens (including phenoxy) is 1. The lowest BCUT2D eigenvalue weighted by atomic mass is 10.1. The standard InChI is InChI=1S/C17H17Cl2NO/c1-11(15-4-2-3-5-16(15)19)20-10-14-9-12-8-13(18)6-7-17(12)21-14/h2-8,11,14,20H,9-10H2,1H3. The van der Waals surface area contributed by atoms with E-state index >= 15 is 0 Å². The van der Waals surface area contributed by atoms with Crippen molar-refractivity contribution in [3.05, 3.63) is 63.6 Å². The van der Waals surface area contributed by atoms with Gasteiger partial charge in [0.1, 0.15) is 11.9 Å². The highest BCUT2D eigenvalue weighted by Crippen LogP contribution is 2.31. The summed E-state index contributed by atoms with van der Waals surface area (Å²) in [6.07, 6.45) is 1.03. The molecule has 1 aliphatic rings. The second-order valence-electron chi connectivity index (χ2n) is 5.35. The van der Waals surface area contributed by atoms with Crippen LogP contribution in [0.15, 0.2) is 42.5 Å². The van der Waals surface area contributed by atoms with E-state index in [1.54, 1.807) is 0 Å². The molecule has 4 heteroatoms. The highest BCUT2D eigenvalue weighted by Gasteiger charge is 2.23. The Balaban J connectivity index is 1.59. The monoisotopic (exact) mass is 321 g/mol. The second-order valence-corrected chi connectivity index (χ2v) is 6.19. The van der Waals surface area contributed by atoms with Crippen molar-refractivity contribution in [3.8, 4) is 5.75 Å². The Morgan fingerprint density at radius 2 is 2.05 bits per heavy atom. The Kier molecular flexibility index (Phi) is 4.39. The number of halogens is 2. The van der Waals surface area contributed by atoms with E-state index in [0.29, 0.717) is 0 Å². The molecule has 1 heterocycles. The van der Waals surface area contributed by atoms with Gasteiger partial charge in [-0.05, 0) is 42.3 Å². The van der Waals surface area contributed by atoms with Gasteiger partial charge in [0.15, 0.2) is 0 Å². The quantitative estimate of drug-likeness (QED) is 0.885. The number of nitrogens with one attached hydrogen (secondary N) is 1. The van der Waals surface area contributed by atoms with Gasteiger partial charge in [-0.15, -0.1) is 0 Å². The number of hydrogen-bond donors (Lipinski definition) is 1. The SMILES string of the molecule is CC(NCC1Cc2cc(Cl)ccc2O1)c1ccccc1Cl. The summed E-state index contributed by atoms with van der Waals surface area (Å²) in [5.74, 6) is 0.941. The predicted octanol–water partition coefficient (Wildman–Crippen LogP) is 4.65. The van der Waals surface area contributed by atoms with Crippen molar-refractivity contribution in [1.29, 1.82) is 0 Å². The van der Waals surface area contributed by atoms with Gasteiger partial charge < -0.3 is 10.1 Å². The van der Waals surface area contributed by atoms with Crippen molar-refractivity contribution >= 4 is 23.2 Å². The molecular formula is C17H17Cl2NO. The van der Waals surface area contributed by atoms with Gasteiger partial charge >= 0.3 is 0 Å². The van der Waals surface area contributed by atoms with Gasteiger partial charge in [0.2, 0.25) is 0 Å². The van der Waals surface area contributed by atoms with Gasteiger partial charge in [-0.1, -0.05) is 41.4 Å². The predicted molar refractivity (Wildman–Crippen MR) is 87.4 cm³/mol. The average molecular weight is 322 g/mol. The zero-order chi connectivity index (χ0) is 14.8. The third kappa shape index (κ3) is 3.34. The molecule has 0 radical (unpaired) electrons. The lowest BCUT2D eigenvalue weighted by Crippen LogP contribution is -2.32. The summed E-state index contributed by atoms with van der Waals surface area (Å²) in [5, 5.41) is 5.04. The van der Waals surface area contributed by atoms with Gasteiger partial charge in [-0.3, -0.25) is 0 Å². The maximum atomic E-state index is 6.22. The van der Waals surface area contributed by atoms with Crippen molar-refractivity contribution in [2.45, 2.75) is 25.5 Å². The maximum Gasteiger partial charge on any atom is 0.123 e. The van der Waals surface area contributed by atoms with E-state index in [9.17, 15) is 0 Å². The maximum absolute atomic E-state index is 6.22. The van der Waals surface area contributed by atoms with Crippen LogP contribution in [0, 0.1) is 0 Å². The van der Waals surface area contributed by atoms with Crippen LogP contribution < -0.4 is 10.1 Å². The molecule has 3 rings (SSSR count). The van der Waals surface area contributed by atoms with E-state index in [2.05, 4.69) is 12.2 Å². The van der Waals surface area contributed by atoms with Crippen LogP contribution in [0.2, 0.25) is 10.0 Å². The van der Waals surface area contributed by atoms with Crippen molar-refractivity contribution in [2.24, 2.45) is 0 Å². The van der Waals surface area contributed by atoms with Crippen LogP contribution in [0.25, 0.3) is 0 Å². The van der Waals surface area contributed by atoms with Gasteiger partial charge in [0.25, 0.3) is 0 Å². The van der Waals surface area contributed by atoms with Crippen LogP contribution in [-0.4, -0.2) is 12.6 Å². The normalized spacial score (nSPS) is 18.1. The highest BCUT2D eigenvalue weighted by molar-refractivity contribution is 6.31. The number of hydrogen-bond acceptors (Lipinski definition) is 2. The van der Waals surface area contributed by atoms with Gasteiger partial charge in [-0.25, -0.2) is 0 Å². The molecule has 2 aromatic carbocycles. The van der Waals surface area contributed by atoms with E-state index in [1.807, 2.05) is 42.5 Å². The van der Waals surface area contributed by atoms with Crippen LogP contribution in [0.1, 0.15) is 24.1 Å². The summed E-state index contributed by atoms with van der Waals surface area (Å²) < 4.78 is 5.92. The van der Waals surface area contributed by atoms with Crippen LogP contribution >= 0.6 is 23.2 Å². The fourth-order valence-corrected chi connectivity index (χ4v) is 3.14. The minimum atomic E-state index is 0.142. The highest BCUT2D eigenvalue weighted by atomic mass is 35.5. The van der Waals surface area contributed by atoms with E-state index in [4.69, 9.17) is 27.9 Å². The summed E-state index contributed by atoms with van der Waals surface area (Å²) >= 11 is 12.2. The summed E-state index contributed by atoms with van der Waals surface area (Å²) in [7, 11) is 0. The number of benzene rings is 2. The molecule has 0 saturated carbocycles. The fraction of sp³-hybridized carbons (Fsp3) is 0.294. The largest absolute Gasteiger partial charge is 0.488 e. The molecule has 2 aromatic rings. The first-order chi connectivity index (χ1) is 10.1. The first-order valence-corrected chi connectivity index (χ1v) is 7.82. The van der Waals surface area contributed by atoms with Gasteiger partial charge in [0, 0.05) is 29.1 Å². The van der Waals surface area contributed by atoms with E-state index < -0.39 is 0 Å². The van der Waals surface area contributed by atoms with E-state index in [1.165, 1.54) is 5.56 Å². The second kappa shape index (κ2) is 6.27. The smallest absolute Gasteiger partial charge is 0.123 e. The van der Waals surface area contributed by atoms with E-state index in [-0.39, 0.29) is 12.1 Å². The molecule has 1 aliphatic heterocycles. The van der Waals surface area contributed by atoms with Crippen LogP contribution in [-0.2, 0) is 6.42 Å². The Hall–Kier alpha value is -1.22. The number of fused-ring (bicyclic) bond motifs is 1. The Labute approximate surface area is 135 Å². The minimum Gasteiger partial charge on any atom is -0.488 e. The topological polar surface area (TPSA) is 21.3 Å². The Morgan fingerprint density at radius 3 is 2.86 bits per heavy atom. The minimum absolute atomic E-state index is 0.142. The number of rotatable bonds is 4. The zero-order valence-electron chi connectivity index (χ0n) is 11.8. The molecule has 21 heavy (non-hydrogen) atoms. The van der Waals surface area contributed by atoms with Gasteiger partial charge in [0.05, 0.1) is 0 Å². The molecule has 2 atom stereocenters. The van der Waals surface area contributed by atoms with Crippen molar-refractivity contribution < 1.29 is 4.74 Å². The van der Waals surface area contributed by atoms with E-state index in [0.717, 1.165) is 34.3 Å². The average Bonchev–Trinajstić information content (AvgIpc) is 2.87. The summed E-state index contributed by atoms with van der Waals surface area (Å²) in [6, 6.07) is 13.9. The zero-order valence-corrected chi connectivity index (χ0v) is 13.3. The van der Waals surface area contributed by atoms with Crippen LogP contribution in [0.4, 0.5) is 0 Å². The lowest BCUT2D eigenvalue weighted by Gasteiger charge is -2.18. The summed E-state index contributed by atoms with van der Waals surface area (Å²) in [4.78, 5) is 0. The molecule has 0 aliphatic carbocycles. The van der Waals surface area contributed by atoms with Crippen molar-refractivity contribution in [3.63, 3.8) is 0 Å². The summed E-state index contributed by atoms with van der Waals surface area (Å²) in [5.41, 5.74) is 2.29. The Bertz CT molecular complexity index is 644. The molecular weight excluding hydrogens is 305 g/mol. The molecule has 0 bridgehead atoms. The molecule has 110 valence electrons. The summed E-state index contributed by atoms with van der Waals surface area (Å²) in [6.45, 7) is 2.89. The molecule has 1 N–H and O–H groups in total. The van der Waals surface area contributed by atoms with Gasteiger partial charge in [-0.2, -0.15) is 0 Å². The third-order valence-corrected chi connectivity index (χ3v) is 4.37. The van der Waals surface area contributed by atoms with Crippen molar-refractivity contribution in [1.82, 2.24) is 5.32 Å². The fourth-order valence-electron chi connectivity index (χ4n) is 2.65. The molecule has 0 fully saturated rings. The van der Waals surface area contributed by atoms with Crippen molar-refractivity contribution in [2.75, 3.05) is 6.54 Å². The van der Waals surface area contributed by atoms with Crippen LogP contribution in [0.3, 0.4) is 0 Å². The molecule has 2 unspecified atom stereocenters. The molecule has 0 amide bonds. The molecule has 0 spiro atoms. The van der Waals surface area contributed by atoms with Crippen LogP contribution in [0.5, 0.6) is 5.75 Å². The first kappa shape index (κ1) is 14.7. The first-order valence-electron chi connectivity index (χ1n) is 7.06. The molecule has 2 nitrogen and oxygen atoms in total. The molecule has 0 aromatic heterocycles.